The van der Waals surface area contributed by atoms with Crippen molar-refractivity contribution in [2.45, 2.75) is 130 Å². The van der Waals surface area contributed by atoms with Crippen LogP contribution in [-0.4, -0.2) is 16.4 Å². The second kappa shape index (κ2) is 14.1. The van der Waals surface area contributed by atoms with Crippen LogP contribution < -0.4 is 5.73 Å². The zero-order valence-corrected chi connectivity index (χ0v) is 28.4. The molecule has 4 aliphatic rings. The van der Waals surface area contributed by atoms with Crippen LogP contribution in [0.3, 0.4) is 0 Å². The first-order valence-electron chi connectivity index (χ1n) is 15.3. The van der Waals surface area contributed by atoms with Gasteiger partial charge in [-0.25, -0.2) is 0 Å². The molecule has 0 spiro atoms. The first-order valence-corrected chi connectivity index (χ1v) is 17.6. The number of amides is 1. The summed E-state index contributed by atoms with van der Waals surface area (Å²) in [7, 11) is 3.61. The molecule has 0 heterocycles. The number of nitrogens with two attached hydrogens (primary N) is 1. The fourth-order valence-electron chi connectivity index (χ4n) is 9.58. The Kier molecular flexibility index (Phi) is 12.9. The van der Waals surface area contributed by atoms with Crippen molar-refractivity contribution in [1.29, 1.82) is 0 Å². The quantitative estimate of drug-likeness (QED) is 0.199. The molecule has 38 heavy (non-hydrogen) atoms. The average molecular weight is 607 g/mol. The van der Waals surface area contributed by atoms with E-state index in [0.29, 0.717) is 16.1 Å². The zero-order chi connectivity index (χ0) is 26.3. The number of rotatable bonds is 10. The maximum absolute atomic E-state index is 11.5. The van der Waals surface area contributed by atoms with Gasteiger partial charge in [-0.1, -0.05) is 87.6 Å². The van der Waals surface area contributed by atoms with E-state index in [0.717, 1.165) is 41.4 Å². The number of halogens is 2. The van der Waals surface area contributed by atoms with E-state index in [1.54, 1.807) is 16.4 Å². The van der Waals surface area contributed by atoms with Gasteiger partial charge in [-0.15, -0.1) is 24.8 Å². The standard InChI is InChI=1S/C32H55NOS2.2ClH/c1-8-23(20(2)3)10-9-21(4)27-13-14-28-26-12-11-24-19-25(36-35-22(5)30(33)34)15-17-31(24,6)29(26)16-18-32(27,28)7;;/h11,20-23,25-29H,8-10,12-19H2,1-7H3,(H2,33,34);2*1H/t21-,22?,23-,25+,26+,27-,28+,29+,31+,32-;;/m1../s1. The molecule has 0 aliphatic heterocycles. The molecule has 6 heteroatoms. The molecule has 0 aromatic rings. The Hall–Kier alpha value is 0.490. The minimum absolute atomic E-state index is 0. The molecule has 4 aliphatic carbocycles. The van der Waals surface area contributed by atoms with Crippen molar-refractivity contribution in [2.75, 3.05) is 0 Å². The van der Waals surface area contributed by atoms with E-state index >= 15 is 0 Å². The summed E-state index contributed by atoms with van der Waals surface area (Å²) in [5.41, 5.74) is 8.23. The predicted molar refractivity (Wildman–Crippen MR) is 174 cm³/mol. The van der Waals surface area contributed by atoms with E-state index in [2.05, 4.69) is 47.6 Å². The van der Waals surface area contributed by atoms with Gasteiger partial charge in [-0.05, 0) is 117 Å². The highest BCUT2D eigenvalue weighted by molar-refractivity contribution is 8.77. The summed E-state index contributed by atoms with van der Waals surface area (Å²) in [5.74, 6) is 6.08. The molecule has 0 aromatic heterocycles. The molecule has 0 saturated heterocycles. The predicted octanol–water partition coefficient (Wildman–Crippen LogP) is 10.1. The molecule has 3 fully saturated rings. The van der Waals surface area contributed by atoms with Crippen LogP contribution in [0.1, 0.15) is 119 Å². The normalized spacial score (nSPS) is 38.4. The second-order valence-corrected chi connectivity index (χ2v) is 17.0. The van der Waals surface area contributed by atoms with Gasteiger partial charge in [0.25, 0.3) is 0 Å². The van der Waals surface area contributed by atoms with Crippen LogP contribution in [0.15, 0.2) is 11.6 Å². The van der Waals surface area contributed by atoms with Crippen LogP contribution >= 0.6 is 46.4 Å². The van der Waals surface area contributed by atoms with E-state index in [9.17, 15) is 4.79 Å². The fraction of sp³-hybridized carbons (Fsp3) is 0.906. The van der Waals surface area contributed by atoms with Crippen molar-refractivity contribution in [3.63, 3.8) is 0 Å². The zero-order valence-electron chi connectivity index (χ0n) is 25.2. The molecule has 0 aromatic carbocycles. The van der Waals surface area contributed by atoms with Crippen molar-refractivity contribution in [3.8, 4) is 0 Å². The largest absolute Gasteiger partial charge is 0.369 e. The Morgan fingerprint density at radius 3 is 2.37 bits per heavy atom. The van der Waals surface area contributed by atoms with E-state index in [1.807, 2.05) is 17.7 Å². The molecule has 10 atom stereocenters. The maximum atomic E-state index is 11.5. The smallest absolute Gasteiger partial charge is 0.231 e. The molecular formula is C32H57Cl2NOS2. The van der Waals surface area contributed by atoms with Gasteiger partial charge in [0.15, 0.2) is 0 Å². The van der Waals surface area contributed by atoms with Crippen LogP contribution in [0.2, 0.25) is 0 Å². The molecule has 1 amide bonds. The molecule has 4 rings (SSSR count). The highest BCUT2D eigenvalue weighted by Crippen LogP contribution is 2.67. The molecule has 1 unspecified atom stereocenters. The summed E-state index contributed by atoms with van der Waals surface area (Å²) in [5, 5.41) is 0.538. The van der Waals surface area contributed by atoms with Gasteiger partial charge in [0.2, 0.25) is 5.91 Å². The third-order valence-corrected chi connectivity index (χ3v) is 15.3. The highest BCUT2D eigenvalue weighted by Gasteiger charge is 2.59. The molecule has 222 valence electrons. The number of carbonyl (C=O) groups is 1. The molecule has 0 radical (unpaired) electrons. The van der Waals surface area contributed by atoms with E-state index in [-0.39, 0.29) is 36.0 Å². The number of primary amides is 1. The number of hydrogen-bond donors (Lipinski definition) is 1. The Bertz CT molecular complexity index is 821. The average Bonchev–Trinajstić information content (AvgIpc) is 3.19. The monoisotopic (exact) mass is 605 g/mol. The lowest BCUT2D eigenvalue weighted by Crippen LogP contribution is -2.50. The Morgan fingerprint density at radius 1 is 1.03 bits per heavy atom. The highest BCUT2D eigenvalue weighted by atomic mass is 35.5. The Labute approximate surface area is 255 Å². The van der Waals surface area contributed by atoms with Crippen LogP contribution in [0, 0.1) is 52.3 Å². The number of fused-ring (bicyclic) bond motifs is 5. The molecule has 2 N–H and O–H groups in total. The van der Waals surface area contributed by atoms with Crippen LogP contribution in [-0.2, 0) is 4.79 Å². The van der Waals surface area contributed by atoms with Gasteiger partial charge < -0.3 is 5.73 Å². The van der Waals surface area contributed by atoms with Crippen molar-refractivity contribution < 1.29 is 4.79 Å². The lowest BCUT2D eigenvalue weighted by Gasteiger charge is -2.58. The summed E-state index contributed by atoms with van der Waals surface area (Å²) >= 11 is 0. The summed E-state index contributed by atoms with van der Waals surface area (Å²) in [4.78, 5) is 11.5. The minimum Gasteiger partial charge on any atom is -0.369 e. The van der Waals surface area contributed by atoms with Gasteiger partial charge in [-0.3, -0.25) is 4.79 Å². The molecule has 2 nitrogen and oxygen atoms in total. The van der Waals surface area contributed by atoms with E-state index in [4.69, 9.17) is 5.73 Å². The van der Waals surface area contributed by atoms with Crippen molar-refractivity contribution in [3.05, 3.63) is 11.6 Å². The summed E-state index contributed by atoms with van der Waals surface area (Å²) in [6, 6.07) is 0. The maximum Gasteiger partial charge on any atom is 0.231 e. The van der Waals surface area contributed by atoms with Crippen molar-refractivity contribution >= 4 is 52.3 Å². The van der Waals surface area contributed by atoms with Gasteiger partial charge in [0, 0.05) is 5.25 Å². The van der Waals surface area contributed by atoms with E-state index in [1.165, 1.54) is 70.6 Å². The van der Waals surface area contributed by atoms with E-state index < -0.39 is 0 Å². The second-order valence-electron chi connectivity index (χ2n) is 14.1. The van der Waals surface area contributed by atoms with Gasteiger partial charge >= 0.3 is 0 Å². The number of allylic oxidation sites excluding steroid dienone is 2. The van der Waals surface area contributed by atoms with Crippen LogP contribution in [0.5, 0.6) is 0 Å². The number of carbonyl (C=O) groups excluding carboxylic acids is 1. The van der Waals surface area contributed by atoms with Gasteiger partial charge in [0.05, 0.1) is 5.25 Å². The SMILES string of the molecule is CC[C@H](CC[C@@H](C)[C@H]1CC[C@H]2[C@@H]3CC=C4C[C@@H](SSC(C)C(N)=O)CC[C@]4(C)[C@H]3CC[C@]12C)C(C)C.Cl.Cl. The van der Waals surface area contributed by atoms with Crippen LogP contribution in [0.4, 0.5) is 0 Å². The lowest BCUT2D eigenvalue weighted by molar-refractivity contribution is -0.117. The van der Waals surface area contributed by atoms with Crippen LogP contribution in [0.25, 0.3) is 0 Å². The first-order chi connectivity index (χ1) is 17.0. The van der Waals surface area contributed by atoms with Crippen molar-refractivity contribution in [1.82, 2.24) is 0 Å². The topological polar surface area (TPSA) is 43.1 Å². The summed E-state index contributed by atoms with van der Waals surface area (Å²) in [6.45, 7) is 17.1. The fourth-order valence-corrected chi connectivity index (χ4v) is 12.2. The van der Waals surface area contributed by atoms with Crippen molar-refractivity contribution in [2.24, 2.45) is 58.0 Å². The molecular weight excluding hydrogens is 549 g/mol. The first kappa shape index (κ1) is 34.7. The Balaban J connectivity index is 0.00000253. The van der Waals surface area contributed by atoms with Gasteiger partial charge in [0.1, 0.15) is 0 Å². The molecule has 0 bridgehead atoms. The minimum atomic E-state index is -0.188. The van der Waals surface area contributed by atoms with Gasteiger partial charge in [-0.2, -0.15) is 0 Å². The summed E-state index contributed by atoms with van der Waals surface area (Å²) < 4.78 is 0. The number of hydrogen-bond acceptors (Lipinski definition) is 3. The Morgan fingerprint density at radius 2 is 1.74 bits per heavy atom. The third-order valence-electron chi connectivity index (χ3n) is 12.0. The third kappa shape index (κ3) is 6.75. The molecule has 3 saturated carbocycles. The summed E-state index contributed by atoms with van der Waals surface area (Å²) in [6.07, 6.45) is 17.9. The lowest BCUT2D eigenvalue weighted by atomic mass is 9.47.